The van der Waals surface area contributed by atoms with Crippen LogP contribution in [0, 0.1) is 0 Å². The number of carboxylic acids is 1. The molecule has 4 N–H and O–H groups in total. The first-order chi connectivity index (χ1) is 11.4. The van der Waals surface area contributed by atoms with Gasteiger partial charge in [-0.05, 0) is 11.6 Å². The molecular weight excluding hydrogens is 330 g/mol. The minimum Gasteiger partial charge on any atom is -0.545 e. The Labute approximate surface area is 144 Å². The fraction of sp³-hybridized carbons (Fsp3) is 0.0588. The molecule has 8 nitrogen and oxygen atoms in total. The number of carbonyl (C=O) groups excluding carboxylic acids is 4. The maximum absolute atomic E-state index is 10.1. The van der Waals surface area contributed by atoms with E-state index in [9.17, 15) is 24.3 Å². The van der Waals surface area contributed by atoms with Crippen LogP contribution in [-0.2, 0) is 28.7 Å². The lowest BCUT2D eigenvalue weighted by molar-refractivity contribution is -0.297. The molecule has 2 rings (SSSR count). The van der Waals surface area contributed by atoms with E-state index >= 15 is 0 Å². The number of quaternary nitrogens is 1. The maximum atomic E-state index is 10.1. The summed E-state index contributed by atoms with van der Waals surface area (Å²) >= 11 is 0. The molecule has 0 bridgehead atoms. The number of benzene rings is 1. The third-order valence-corrected chi connectivity index (χ3v) is 2.15. The molecule has 0 aliphatic carbocycles. The number of methoxy groups -OCH3 is 1. The molecule has 1 aliphatic heterocycles. The van der Waals surface area contributed by atoms with Crippen LogP contribution in [0.4, 0.5) is 0 Å². The van der Waals surface area contributed by atoms with Crippen molar-refractivity contribution in [2.45, 2.75) is 0 Å². The van der Waals surface area contributed by atoms with Gasteiger partial charge >= 0.3 is 17.9 Å². The maximum Gasteiger partial charge on any atom is 0.338 e. The van der Waals surface area contributed by atoms with Crippen molar-refractivity contribution in [2.24, 2.45) is 0 Å². The van der Waals surface area contributed by atoms with Gasteiger partial charge in [-0.3, -0.25) is 0 Å². The van der Waals surface area contributed by atoms with Crippen LogP contribution in [0.15, 0.2) is 61.2 Å². The van der Waals surface area contributed by atoms with E-state index in [0.717, 1.165) is 25.3 Å². The second-order valence-corrected chi connectivity index (χ2v) is 3.86. The second kappa shape index (κ2) is 14.1. The van der Waals surface area contributed by atoms with Crippen molar-refractivity contribution < 1.29 is 33.8 Å². The molecular formula is C17H19NO7. The third-order valence-electron chi connectivity index (χ3n) is 2.15. The smallest absolute Gasteiger partial charge is 0.338 e. The molecule has 1 aromatic rings. The zero-order valence-electron chi connectivity index (χ0n) is 13.8. The summed E-state index contributed by atoms with van der Waals surface area (Å²) in [6.07, 6.45) is 5.38. The van der Waals surface area contributed by atoms with Gasteiger partial charge in [-0.2, -0.15) is 0 Å². The molecule has 0 amide bonds. The zero-order chi connectivity index (χ0) is 18.4. The quantitative estimate of drug-likeness (QED) is 0.482. The molecule has 1 aromatic carbocycles. The normalized spacial score (nSPS) is 11.1. The fourth-order valence-electron chi connectivity index (χ4n) is 1.10. The number of aliphatic carboxylic acids is 1. The van der Waals surface area contributed by atoms with E-state index < -0.39 is 23.9 Å². The molecule has 0 atom stereocenters. The summed E-state index contributed by atoms with van der Waals surface area (Å²) in [5.74, 6) is -3.28. The predicted molar refractivity (Wildman–Crippen MR) is 88.9 cm³/mol. The third kappa shape index (κ3) is 13.8. The van der Waals surface area contributed by atoms with E-state index in [0.29, 0.717) is 6.08 Å². The molecule has 0 fully saturated rings. The SMILES string of the molecule is C=Cc1ccccc1.COC(=O)C=CC(=O)[O-].O=C1C=CC(=O)O1.[NH4+]. The molecule has 134 valence electrons. The van der Waals surface area contributed by atoms with Crippen LogP contribution >= 0.6 is 0 Å². The summed E-state index contributed by atoms with van der Waals surface area (Å²) in [7, 11) is 1.15. The van der Waals surface area contributed by atoms with E-state index in [1.54, 1.807) is 0 Å². The van der Waals surface area contributed by atoms with Gasteiger partial charge in [0.1, 0.15) is 0 Å². The number of hydrogen-bond acceptors (Lipinski definition) is 7. The number of ether oxygens (including phenoxy) is 2. The first-order valence-corrected chi connectivity index (χ1v) is 6.47. The number of esters is 3. The van der Waals surface area contributed by atoms with Crippen LogP contribution in [0.5, 0.6) is 0 Å². The summed E-state index contributed by atoms with van der Waals surface area (Å²) in [6, 6.07) is 10.0. The van der Waals surface area contributed by atoms with Crippen molar-refractivity contribution in [3.8, 4) is 0 Å². The van der Waals surface area contributed by atoms with Crippen LogP contribution in [0.2, 0.25) is 0 Å². The molecule has 0 radical (unpaired) electrons. The van der Waals surface area contributed by atoms with Crippen molar-refractivity contribution in [3.05, 3.63) is 66.8 Å². The van der Waals surface area contributed by atoms with Gasteiger partial charge in [0, 0.05) is 18.2 Å². The van der Waals surface area contributed by atoms with Crippen LogP contribution in [-0.4, -0.2) is 31.0 Å². The highest BCUT2D eigenvalue weighted by Gasteiger charge is 2.10. The van der Waals surface area contributed by atoms with E-state index in [2.05, 4.69) is 16.1 Å². The first kappa shape index (κ1) is 23.7. The van der Waals surface area contributed by atoms with Crippen molar-refractivity contribution in [3.63, 3.8) is 0 Å². The molecule has 0 spiro atoms. The molecule has 25 heavy (non-hydrogen) atoms. The molecule has 0 saturated carbocycles. The molecule has 8 heteroatoms. The minimum atomic E-state index is -1.42. The average molecular weight is 349 g/mol. The van der Waals surface area contributed by atoms with E-state index in [1.165, 1.54) is 5.56 Å². The van der Waals surface area contributed by atoms with Gasteiger partial charge in [0.2, 0.25) is 0 Å². The van der Waals surface area contributed by atoms with Gasteiger partial charge in [0.05, 0.1) is 13.1 Å². The van der Waals surface area contributed by atoms with Gasteiger partial charge in [0.25, 0.3) is 0 Å². The summed E-state index contributed by atoms with van der Waals surface area (Å²) in [5, 5.41) is 9.61. The Morgan fingerprint density at radius 3 is 1.88 bits per heavy atom. The number of cyclic esters (lactones) is 2. The lowest BCUT2D eigenvalue weighted by atomic mass is 10.2. The Hall–Kier alpha value is -3.52. The summed E-state index contributed by atoms with van der Waals surface area (Å²) in [6.45, 7) is 3.63. The Morgan fingerprint density at radius 1 is 1.08 bits per heavy atom. The molecule has 0 aromatic heterocycles. The van der Waals surface area contributed by atoms with E-state index in [4.69, 9.17) is 0 Å². The van der Waals surface area contributed by atoms with Gasteiger partial charge in [0.15, 0.2) is 0 Å². The number of rotatable bonds is 3. The van der Waals surface area contributed by atoms with Crippen LogP contribution in [0.3, 0.4) is 0 Å². The number of hydrogen-bond donors (Lipinski definition) is 1. The Morgan fingerprint density at radius 2 is 1.60 bits per heavy atom. The van der Waals surface area contributed by atoms with Crippen molar-refractivity contribution in [1.82, 2.24) is 6.15 Å². The topological polar surface area (TPSA) is 146 Å². The van der Waals surface area contributed by atoms with Gasteiger partial charge in [-0.25, -0.2) is 14.4 Å². The standard InChI is InChI=1S/C8H8.C5H6O4.C4H2O3.H3N/c1-2-8-6-4-3-5-7-8;1-9-5(8)3-2-4(6)7;5-3-1-2-4(6)7-3;/h2-7H,1H2;2-3H,1H3,(H,6,7);1-2H;1H3. The highest BCUT2D eigenvalue weighted by molar-refractivity contribution is 6.04. The van der Waals surface area contributed by atoms with Crippen molar-refractivity contribution >= 4 is 30.0 Å². The van der Waals surface area contributed by atoms with Gasteiger partial charge in [-0.15, -0.1) is 0 Å². The van der Waals surface area contributed by atoms with Crippen molar-refractivity contribution in [2.75, 3.05) is 7.11 Å². The average Bonchev–Trinajstić information content (AvgIpc) is 2.97. The van der Waals surface area contributed by atoms with Crippen LogP contribution in [0.1, 0.15) is 5.56 Å². The van der Waals surface area contributed by atoms with Crippen LogP contribution < -0.4 is 11.3 Å². The van der Waals surface area contributed by atoms with Crippen LogP contribution in [0.25, 0.3) is 6.08 Å². The summed E-state index contributed by atoms with van der Waals surface area (Å²) < 4.78 is 8.06. The zero-order valence-corrected chi connectivity index (χ0v) is 13.8. The van der Waals surface area contributed by atoms with Gasteiger partial charge < -0.3 is 25.5 Å². The monoisotopic (exact) mass is 349 g/mol. The van der Waals surface area contributed by atoms with E-state index in [-0.39, 0.29) is 6.15 Å². The highest BCUT2D eigenvalue weighted by atomic mass is 16.6. The molecule has 0 unspecified atom stereocenters. The summed E-state index contributed by atoms with van der Waals surface area (Å²) in [5.41, 5.74) is 1.17. The lowest BCUT2D eigenvalue weighted by Crippen LogP contribution is -2.19. The fourth-order valence-corrected chi connectivity index (χ4v) is 1.10. The molecule has 1 aliphatic rings. The Balaban J connectivity index is 0. The Kier molecular flexibility index (Phi) is 13.4. The van der Waals surface area contributed by atoms with E-state index in [1.807, 2.05) is 36.4 Å². The molecule has 0 saturated heterocycles. The minimum absolute atomic E-state index is 0. The Bertz CT molecular complexity index is 632. The van der Waals surface area contributed by atoms with Gasteiger partial charge in [-0.1, -0.05) is 43.0 Å². The lowest BCUT2D eigenvalue weighted by Gasteiger charge is -1.89. The van der Waals surface area contributed by atoms with Crippen molar-refractivity contribution in [1.29, 1.82) is 0 Å². The largest absolute Gasteiger partial charge is 0.545 e. The predicted octanol–water partition coefficient (Wildman–Crippen LogP) is 0.797. The molecule has 1 heterocycles. The second-order valence-electron chi connectivity index (χ2n) is 3.86. The number of carbonyl (C=O) groups is 4. The summed E-state index contributed by atoms with van der Waals surface area (Å²) in [4.78, 5) is 39.6. The highest BCUT2D eigenvalue weighted by Crippen LogP contribution is 1.97. The number of carboxylic acid groups (broad SMARTS) is 1. The first-order valence-electron chi connectivity index (χ1n) is 6.47.